The molecule has 1 unspecified atom stereocenters. The van der Waals surface area contributed by atoms with E-state index >= 15 is 0 Å². The van der Waals surface area contributed by atoms with Crippen molar-refractivity contribution in [3.63, 3.8) is 0 Å². The van der Waals surface area contributed by atoms with Gasteiger partial charge in [0.1, 0.15) is 30.0 Å². The van der Waals surface area contributed by atoms with Gasteiger partial charge in [0.15, 0.2) is 0 Å². The molecule has 2 aromatic carbocycles. The van der Waals surface area contributed by atoms with E-state index in [-0.39, 0.29) is 6.61 Å². The number of aliphatic hydroxyl groups is 1. The molecule has 0 aliphatic rings. The SMILES string of the molecule is CCOc1cccc(CN(Cc2ccco2)CC(O)COc2cc(C)cc(C)c2)c1. The van der Waals surface area contributed by atoms with Gasteiger partial charge in [-0.2, -0.15) is 0 Å². The van der Waals surface area contributed by atoms with Crippen LogP contribution in [0.3, 0.4) is 0 Å². The second-order valence-electron chi connectivity index (χ2n) is 7.62. The first kappa shape index (κ1) is 21.9. The molecule has 0 saturated heterocycles. The van der Waals surface area contributed by atoms with Gasteiger partial charge in [0, 0.05) is 13.1 Å². The van der Waals surface area contributed by atoms with Crippen LogP contribution in [0, 0.1) is 13.8 Å². The van der Waals surface area contributed by atoms with Gasteiger partial charge in [-0.25, -0.2) is 0 Å². The highest BCUT2D eigenvalue weighted by Gasteiger charge is 2.15. The monoisotopic (exact) mass is 409 g/mol. The highest BCUT2D eigenvalue weighted by Crippen LogP contribution is 2.18. The maximum Gasteiger partial charge on any atom is 0.119 e. The summed E-state index contributed by atoms with van der Waals surface area (Å²) < 4.78 is 17.0. The molecule has 1 atom stereocenters. The smallest absolute Gasteiger partial charge is 0.119 e. The van der Waals surface area contributed by atoms with Crippen LogP contribution in [0.4, 0.5) is 0 Å². The molecule has 5 heteroatoms. The fourth-order valence-electron chi connectivity index (χ4n) is 3.53. The molecular formula is C25H31NO4. The van der Waals surface area contributed by atoms with E-state index in [1.165, 1.54) is 0 Å². The lowest BCUT2D eigenvalue weighted by Crippen LogP contribution is -2.35. The molecule has 5 nitrogen and oxygen atoms in total. The van der Waals surface area contributed by atoms with Crippen LogP contribution in [-0.2, 0) is 13.1 Å². The first-order valence-corrected chi connectivity index (χ1v) is 10.4. The van der Waals surface area contributed by atoms with Crippen molar-refractivity contribution in [3.05, 3.63) is 83.3 Å². The Bertz CT molecular complexity index is 887. The second kappa shape index (κ2) is 10.9. The molecule has 0 amide bonds. The third-order valence-electron chi connectivity index (χ3n) is 4.68. The minimum atomic E-state index is -0.629. The zero-order chi connectivity index (χ0) is 21.3. The van der Waals surface area contributed by atoms with Gasteiger partial charge in [-0.05, 0) is 73.9 Å². The summed E-state index contributed by atoms with van der Waals surface area (Å²) in [4.78, 5) is 2.15. The van der Waals surface area contributed by atoms with Gasteiger partial charge in [0.2, 0.25) is 0 Å². The summed E-state index contributed by atoms with van der Waals surface area (Å²) in [6, 6.07) is 17.9. The molecule has 30 heavy (non-hydrogen) atoms. The second-order valence-corrected chi connectivity index (χ2v) is 7.62. The van der Waals surface area contributed by atoms with Gasteiger partial charge >= 0.3 is 0 Å². The van der Waals surface area contributed by atoms with E-state index in [1.54, 1.807) is 6.26 Å². The molecule has 3 aromatic rings. The standard InChI is InChI=1S/C25H31NO4/c1-4-28-23-8-5-7-21(14-23)15-26(17-24-9-6-10-29-24)16-22(27)18-30-25-12-19(2)11-20(3)13-25/h5-14,22,27H,4,15-18H2,1-3H3. The predicted octanol–water partition coefficient (Wildman–Crippen LogP) is 4.74. The zero-order valence-corrected chi connectivity index (χ0v) is 18.0. The Labute approximate surface area is 178 Å². The molecular weight excluding hydrogens is 378 g/mol. The van der Waals surface area contributed by atoms with Gasteiger partial charge in [0.05, 0.1) is 19.4 Å². The van der Waals surface area contributed by atoms with Gasteiger partial charge in [-0.3, -0.25) is 4.90 Å². The van der Waals surface area contributed by atoms with Crippen LogP contribution in [-0.4, -0.2) is 35.9 Å². The number of furan rings is 1. The molecule has 0 fully saturated rings. The Morgan fingerprint density at radius 1 is 0.933 bits per heavy atom. The maximum atomic E-state index is 10.6. The number of hydrogen-bond acceptors (Lipinski definition) is 5. The minimum Gasteiger partial charge on any atom is -0.494 e. The van der Waals surface area contributed by atoms with Crippen molar-refractivity contribution in [1.82, 2.24) is 4.90 Å². The maximum absolute atomic E-state index is 10.6. The molecule has 0 bridgehead atoms. The van der Waals surface area contributed by atoms with E-state index in [9.17, 15) is 5.11 Å². The molecule has 0 saturated carbocycles. The fraction of sp³-hybridized carbons (Fsp3) is 0.360. The first-order valence-electron chi connectivity index (χ1n) is 10.4. The summed E-state index contributed by atoms with van der Waals surface area (Å²) in [5, 5.41) is 10.6. The lowest BCUT2D eigenvalue weighted by Gasteiger charge is -2.24. The number of nitrogens with zero attached hydrogens (tertiary/aromatic N) is 1. The molecule has 3 rings (SSSR count). The normalized spacial score (nSPS) is 12.2. The summed E-state index contributed by atoms with van der Waals surface area (Å²) >= 11 is 0. The molecule has 0 spiro atoms. The number of rotatable bonds is 11. The van der Waals surface area contributed by atoms with Crippen molar-refractivity contribution in [1.29, 1.82) is 0 Å². The minimum absolute atomic E-state index is 0.233. The Balaban J connectivity index is 1.63. The van der Waals surface area contributed by atoms with Crippen LogP contribution < -0.4 is 9.47 Å². The molecule has 0 aliphatic carbocycles. The van der Waals surface area contributed by atoms with Crippen LogP contribution >= 0.6 is 0 Å². The molecule has 160 valence electrons. The van der Waals surface area contributed by atoms with Crippen molar-refractivity contribution >= 4 is 0 Å². The van der Waals surface area contributed by atoms with Crippen molar-refractivity contribution in [2.24, 2.45) is 0 Å². The molecule has 1 heterocycles. The predicted molar refractivity (Wildman–Crippen MR) is 118 cm³/mol. The fourth-order valence-corrected chi connectivity index (χ4v) is 3.53. The van der Waals surface area contributed by atoms with Gasteiger partial charge in [0.25, 0.3) is 0 Å². The van der Waals surface area contributed by atoms with E-state index in [4.69, 9.17) is 13.9 Å². The van der Waals surface area contributed by atoms with Crippen molar-refractivity contribution in [2.45, 2.75) is 40.0 Å². The number of aliphatic hydroxyl groups excluding tert-OH is 1. The quantitative estimate of drug-likeness (QED) is 0.496. The Kier molecular flexibility index (Phi) is 7.94. The van der Waals surface area contributed by atoms with E-state index in [0.717, 1.165) is 33.9 Å². The molecule has 1 aromatic heterocycles. The summed E-state index contributed by atoms with van der Waals surface area (Å²) in [6.45, 7) is 8.65. The molecule has 1 N–H and O–H groups in total. The van der Waals surface area contributed by atoms with Gasteiger partial charge in [-0.15, -0.1) is 0 Å². The highest BCUT2D eigenvalue weighted by atomic mass is 16.5. The van der Waals surface area contributed by atoms with Crippen molar-refractivity contribution in [2.75, 3.05) is 19.8 Å². The molecule has 0 radical (unpaired) electrons. The summed E-state index contributed by atoms with van der Waals surface area (Å²) in [5.74, 6) is 2.50. The first-order chi connectivity index (χ1) is 14.5. The number of aryl methyl sites for hydroxylation is 2. The van der Waals surface area contributed by atoms with Crippen LogP contribution in [0.2, 0.25) is 0 Å². The third kappa shape index (κ3) is 6.94. The van der Waals surface area contributed by atoms with Crippen LogP contribution in [0.25, 0.3) is 0 Å². The van der Waals surface area contributed by atoms with Crippen LogP contribution in [0.15, 0.2) is 65.3 Å². The van der Waals surface area contributed by atoms with E-state index in [2.05, 4.69) is 17.0 Å². The van der Waals surface area contributed by atoms with Gasteiger partial charge < -0.3 is 19.0 Å². The average Bonchev–Trinajstić information content (AvgIpc) is 3.19. The number of ether oxygens (including phenoxy) is 2. The lowest BCUT2D eigenvalue weighted by molar-refractivity contribution is 0.0604. The van der Waals surface area contributed by atoms with Crippen molar-refractivity contribution < 1.29 is 19.0 Å². The van der Waals surface area contributed by atoms with Gasteiger partial charge in [-0.1, -0.05) is 18.2 Å². The molecule has 0 aliphatic heterocycles. The summed E-state index contributed by atoms with van der Waals surface area (Å²) in [5.41, 5.74) is 3.41. The summed E-state index contributed by atoms with van der Waals surface area (Å²) in [6.07, 6.45) is 1.04. The largest absolute Gasteiger partial charge is 0.494 e. The number of benzene rings is 2. The lowest BCUT2D eigenvalue weighted by atomic mass is 10.1. The average molecular weight is 410 g/mol. The Hall–Kier alpha value is -2.76. The number of hydrogen-bond donors (Lipinski definition) is 1. The topological polar surface area (TPSA) is 55.1 Å². The third-order valence-corrected chi connectivity index (χ3v) is 4.68. The Morgan fingerprint density at radius 2 is 1.73 bits per heavy atom. The zero-order valence-electron chi connectivity index (χ0n) is 18.0. The van der Waals surface area contributed by atoms with Crippen LogP contribution in [0.1, 0.15) is 29.4 Å². The van der Waals surface area contributed by atoms with Crippen molar-refractivity contribution in [3.8, 4) is 11.5 Å². The highest BCUT2D eigenvalue weighted by molar-refractivity contribution is 5.33. The van der Waals surface area contributed by atoms with Crippen LogP contribution in [0.5, 0.6) is 11.5 Å². The van der Waals surface area contributed by atoms with E-state index < -0.39 is 6.10 Å². The Morgan fingerprint density at radius 3 is 2.43 bits per heavy atom. The van der Waals surface area contributed by atoms with E-state index in [0.29, 0.717) is 26.2 Å². The van der Waals surface area contributed by atoms with E-state index in [1.807, 2.05) is 63.2 Å². The summed E-state index contributed by atoms with van der Waals surface area (Å²) in [7, 11) is 0.